The summed E-state index contributed by atoms with van der Waals surface area (Å²) in [6.07, 6.45) is -8.82. The van der Waals surface area contributed by atoms with Gasteiger partial charge in [0.15, 0.2) is 0 Å². The third-order valence-corrected chi connectivity index (χ3v) is 3.02. The second-order valence-corrected chi connectivity index (χ2v) is 4.46. The summed E-state index contributed by atoms with van der Waals surface area (Å²) in [4.78, 5) is 10.5. The van der Waals surface area contributed by atoms with Gasteiger partial charge in [0.2, 0.25) is 0 Å². The summed E-state index contributed by atoms with van der Waals surface area (Å²) in [6.45, 7) is -0.450. The fraction of sp³-hybridized carbons (Fsp3) is 0.900. The molecule has 0 aromatic rings. The molecule has 19 heavy (non-hydrogen) atoms. The molecule has 1 heterocycles. The van der Waals surface area contributed by atoms with E-state index in [0.29, 0.717) is 0 Å². The Hall–Kier alpha value is -0.990. The molecule has 0 spiro atoms. The number of carbonyl (C=O) groups excluding carboxylic acids is 1. The van der Waals surface area contributed by atoms with Gasteiger partial charge in [0.25, 0.3) is 0 Å². The van der Waals surface area contributed by atoms with Gasteiger partial charge in [-0.25, -0.2) is 0 Å². The number of amides is 1. The minimum Gasteiger partial charge on any atom is -0.348 e. The SMILES string of the molecule is O=C(NCC[C@H]1CC[C@H](C(F)(F)F)CN1)C(F)(F)F. The maximum absolute atomic E-state index is 12.3. The van der Waals surface area contributed by atoms with Crippen LogP contribution in [0.4, 0.5) is 26.3 Å². The Balaban J connectivity index is 2.22. The van der Waals surface area contributed by atoms with Crippen LogP contribution in [0.1, 0.15) is 19.3 Å². The van der Waals surface area contributed by atoms with E-state index in [-0.39, 0.29) is 38.4 Å². The molecule has 1 rings (SSSR count). The number of halogens is 6. The van der Waals surface area contributed by atoms with Crippen molar-refractivity contribution in [3.63, 3.8) is 0 Å². The molecule has 0 bridgehead atoms. The second kappa shape index (κ2) is 5.98. The highest BCUT2D eigenvalue weighted by Gasteiger charge is 2.41. The summed E-state index contributed by atoms with van der Waals surface area (Å²) in [5.41, 5.74) is 0. The number of rotatable bonds is 3. The van der Waals surface area contributed by atoms with E-state index < -0.39 is 24.2 Å². The average molecular weight is 292 g/mol. The maximum atomic E-state index is 12.3. The third kappa shape index (κ3) is 5.25. The van der Waals surface area contributed by atoms with Crippen LogP contribution in [0.25, 0.3) is 0 Å². The Morgan fingerprint density at radius 3 is 2.21 bits per heavy atom. The zero-order valence-electron chi connectivity index (χ0n) is 9.87. The largest absolute Gasteiger partial charge is 0.471 e. The van der Waals surface area contributed by atoms with E-state index in [9.17, 15) is 31.1 Å². The summed E-state index contributed by atoms with van der Waals surface area (Å²) in [6, 6.07) is -0.299. The number of piperidine rings is 1. The molecule has 1 aliphatic heterocycles. The van der Waals surface area contributed by atoms with Gasteiger partial charge in [-0.1, -0.05) is 0 Å². The number of carbonyl (C=O) groups is 1. The van der Waals surface area contributed by atoms with E-state index in [1.54, 1.807) is 5.32 Å². The minimum atomic E-state index is -4.93. The van der Waals surface area contributed by atoms with Gasteiger partial charge in [-0.05, 0) is 19.3 Å². The normalized spacial score (nSPS) is 25.2. The first-order chi connectivity index (χ1) is 8.60. The zero-order valence-corrected chi connectivity index (χ0v) is 9.87. The highest BCUT2D eigenvalue weighted by Crippen LogP contribution is 2.32. The van der Waals surface area contributed by atoms with Crippen molar-refractivity contribution in [1.29, 1.82) is 0 Å². The van der Waals surface area contributed by atoms with Crippen LogP contribution in [0.15, 0.2) is 0 Å². The number of hydrogen-bond donors (Lipinski definition) is 2. The second-order valence-electron chi connectivity index (χ2n) is 4.46. The van der Waals surface area contributed by atoms with Crippen LogP contribution in [-0.2, 0) is 4.79 Å². The Morgan fingerprint density at radius 2 is 1.79 bits per heavy atom. The topological polar surface area (TPSA) is 41.1 Å². The van der Waals surface area contributed by atoms with E-state index in [1.807, 2.05) is 0 Å². The van der Waals surface area contributed by atoms with Crippen LogP contribution in [0.5, 0.6) is 0 Å². The number of alkyl halides is 6. The summed E-state index contributed by atoms with van der Waals surface area (Å²) < 4.78 is 72.5. The van der Waals surface area contributed by atoms with Crippen LogP contribution in [-0.4, -0.2) is 37.4 Å². The van der Waals surface area contributed by atoms with Crippen LogP contribution in [0.2, 0.25) is 0 Å². The molecule has 0 aromatic heterocycles. The van der Waals surface area contributed by atoms with Gasteiger partial charge in [-0.15, -0.1) is 0 Å². The molecule has 3 nitrogen and oxygen atoms in total. The van der Waals surface area contributed by atoms with Gasteiger partial charge in [0, 0.05) is 19.1 Å². The van der Waals surface area contributed by atoms with Crippen LogP contribution >= 0.6 is 0 Å². The quantitative estimate of drug-likeness (QED) is 0.781. The molecule has 2 atom stereocenters. The number of hydrogen-bond acceptors (Lipinski definition) is 2. The first kappa shape index (κ1) is 16.1. The highest BCUT2D eigenvalue weighted by atomic mass is 19.4. The molecular weight excluding hydrogens is 278 g/mol. The van der Waals surface area contributed by atoms with Crippen LogP contribution < -0.4 is 10.6 Å². The summed E-state index contributed by atoms with van der Waals surface area (Å²) in [5.74, 6) is -3.44. The summed E-state index contributed by atoms with van der Waals surface area (Å²) in [7, 11) is 0. The Bertz CT molecular complexity index is 306. The first-order valence-corrected chi connectivity index (χ1v) is 5.76. The first-order valence-electron chi connectivity index (χ1n) is 5.76. The molecule has 1 saturated heterocycles. The van der Waals surface area contributed by atoms with Crippen molar-refractivity contribution in [3.05, 3.63) is 0 Å². The smallest absolute Gasteiger partial charge is 0.348 e. The minimum absolute atomic E-state index is 0.0472. The van der Waals surface area contributed by atoms with Gasteiger partial charge in [0.05, 0.1) is 5.92 Å². The third-order valence-electron chi connectivity index (χ3n) is 3.02. The summed E-state index contributed by atoms with van der Waals surface area (Å²) in [5, 5.41) is 4.32. The average Bonchev–Trinajstić information content (AvgIpc) is 2.27. The lowest BCUT2D eigenvalue weighted by molar-refractivity contribution is -0.179. The molecule has 0 aromatic carbocycles. The van der Waals surface area contributed by atoms with Crippen LogP contribution in [0.3, 0.4) is 0 Å². The van der Waals surface area contributed by atoms with Gasteiger partial charge < -0.3 is 10.6 Å². The van der Waals surface area contributed by atoms with Crippen molar-refractivity contribution in [2.45, 2.75) is 37.7 Å². The Kier molecular flexibility index (Phi) is 5.05. The lowest BCUT2D eigenvalue weighted by atomic mass is 9.93. The molecule has 9 heteroatoms. The van der Waals surface area contributed by atoms with E-state index in [0.717, 1.165) is 0 Å². The van der Waals surface area contributed by atoms with Crippen molar-refractivity contribution in [1.82, 2.24) is 10.6 Å². The fourth-order valence-corrected chi connectivity index (χ4v) is 1.90. The van der Waals surface area contributed by atoms with Gasteiger partial charge >= 0.3 is 18.3 Å². The van der Waals surface area contributed by atoms with E-state index in [2.05, 4.69) is 5.32 Å². The molecular formula is C10H14F6N2O. The molecule has 0 aliphatic carbocycles. The molecule has 0 radical (unpaired) electrons. The van der Waals surface area contributed by atoms with Crippen molar-refractivity contribution >= 4 is 5.91 Å². The van der Waals surface area contributed by atoms with Crippen molar-refractivity contribution in [3.8, 4) is 0 Å². The van der Waals surface area contributed by atoms with Gasteiger partial charge in [0.1, 0.15) is 0 Å². The highest BCUT2D eigenvalue weighted by molar-refractivity contribution is 5.81. The molecule has 112 valence electrons. The summed E-state index contributed by atoms with van der Waals surface area (Å²) >= 11 is 0. The predicted octanol–water partition coefficient (Wildman–Crippen LogP) is 1.99. The fourth-order valence-electron chi connectivity index (χ4n) is 1.90. The zero-order chi connectivity index (χ0) is 14.7. The van der Waals surface area contributed by atoms with Crippen LogP contribution in [0, 0.1) is 5.92 Å². The van der Waals surface area contributed by atoms with E-state index in [4.69, 9.17) is 0 Å². The van der Waals surface area contributed by atoms with E-state index >= 15 is 0 Å². The monoisotopic (exact) mass is 292 g/mol. The molecule has 1 aliphatic rings. The predicted molar refractivity (Wildman–Crippen MR) is 54.3 cm³/mol. The Labute approximate surface area is 105 Å². The van der Waals surface area contributed by atoms with E-state index in [1.165, 1.54) is 0 Å². The molecule has 2 N–H and O–H groups in total. The standard InChI is InChI=1S/C10H14F6N2O/c11-9(12,13)6-1-2-7(18-5-6)3-4-17-8(19)10(14,15)16/h6-7,18H,1-5H2,(H,17,19)/t6-,7+/m0/s1. The maximum Gasteiger partial charge on any atom is 0.471 e. The Morgan fingerprint density at radius 1 is 1.16 bits per heavy atom. The molecule has 1 amide bonds. The molecule has 0 saturated carbocycles. The van der Waals surface area contributed by atoms with Gasteiger partial charge in [-0.3, -0.25) is 4.79 Å². The van der Waals surface area contributed by atoms with Crippen molar-refractivity contribution in [2.24, 2.45) is 5.92 Å². The van der Waals surface area contributed by atoms with Gasteiger partial charge in [-0.2, -0.15) is 26.3 Å². The molecule has 1 fully saturated rings. The lowest BCUT2D eigenvalue weighted by Crippen LogP contribution is -2.46. The molecule has 0 unspecified atom stereocenters. The van der Waals surface area contributed by atoms with Crippen molar-refractivity contribution < 1.29 is 31.1 Å². The number of nitrogens with one attached hydrogen (secondary N) is 2. The van der Waals surface area contributed by atoms with Crippen molar-refractivity contribution in [2.75, 3.05) is 13.1 Å². The lowest BCUT2D eigenvalue weighted by Gasteiger charge is -2.31.